The average molecular weight is 504 g/mol. The third kappa shape index (κ3) is 7.20. The second-order valence-electron chi connectivity index (χ2n) is 6.49. The van der Waals surface area contributed by atoms with Crippen molar-refractivity contribution in [2.24, 2.45) is 5.10 Å². The number of nitrogens with one attached hydrogen (secondary N) is 1. The number of ether oxygens (including phenoxy) is 1. The average Bonchev–Trinajstić information content (AvgIpc) is 2.74. The van der Waals surface area contributed by atoms with E-state index in [1.54, 1.807) is 18.3 Å². The zero-order valence-electron chi connectivity index (χ0n) is 16.3. The highest BCUT2D eigenvalue weighted by atomic mass is 79.9. The van der Waals surface area contributed by atoms with Crippen LogP contribution in [0.25, 0.3) is 0 Å². The van der Waals surface area contributed by atoms with Crippen molar-refractivity contribution in [3.8, 4) is 5.75 Å². The van der Waals surface area contributed by atoms with Gasteiger partial charge in [0.25, 0.3) is 0 Å². The second kappa shape index (κ2) is 11.2. The van der Waals surface area contributed by atoms with Crippen molar-refractivity contribution in [1.82, 2.24) is 5.43 Å². The number of halogens is 2. The molecule has 0 atom stereocenters. The Bertz CT molecular complexity index is 1020. The maximum atomic E-state index is 12.1. The molecular formula is C23H20BrClN2O2S. The van der Waals surface area contributed by atoms with Crippen LogP contribution in [0.1, 0.15) is 16.7 Å². The maximum Gasteiger partial charge on any atom is 0.250 e. The zero-order chi connectivity index (χ0) is 21.3. The van der Waals surface area contributed by atoms with Crippen molar-refractivity contribution in [2.75, 3.05) is 5.75 Å². The molecule has 0 unspecified atom stereocenters. The minimum atomic E-state index is -0.191. The molecule has 0 aliphatic heterocycles. The summed E-state index contributed by atoms with van der Waals surface area (Å²) in [7, 11) is 0. The van der Waals surface area contributed by atoms with Gasteiger partial charge in [0.2, 0.25) is 5.91 Å². The first-order valence-corrected chi connectivity index (χ1v) is 11.3. The fraction of sp³-hybridized carbons (Fsp3) is 0.130. The topological polar surface area (TPSA) is 50.7 Å². The molecule has 1 N–H and O–H groups in total. The molecule has 3 aromatic carbocycles. The van der Waals surface area contributed by atoms with E-state index < -0.39 is 0 Å². The molecule has 3 aromatic rings. The molecule has 0 aliphatic rings. The number of carbonyl (C=O) groups excluding carboxylic acids is 1. The number of hydrogen-bond donors (Lipinski definition) is 1. The van der Waals surface area contributed by atoms with Gasteiger partial charge in [-0.25, -0.2) is 5.43 Å². The minimum Gasteiger partial charge on any atom is -0.488 e. The number of thioether (sulfide) groups is 1. The predicted octanol–water partition coefficient (Wildman–Crippen LogP) is 6.23. The second-order valence-corrected chi connectivity index (χ2v) is 8.89. The van der Waals surface area contributed by atoms with Crippen molar-refractivity contribution < 1.29 is 9.53 Å². The van der Waals surface area contributed by atoms with E-state index in [-0.39, 0.29) is 11.7 Å². The molecule has 0 saturated heterocycles. The number of nitrogens with zero attached hydrogens (tertiary/aromatic N) is 1. The van der Waals surface area contributed by atoms with Crippen LogP contribution in [-0.2, 0) is 11.4 Å². The van der Waals surface area contributed by atoms with Gasteiger partial charge in [0.05, 0.1) is 12.0 Å². The number of aryl methyl sites for hydroxylation is 1. The standard InChI is InChI=1S/C23H20BrClN2O2S/c1-16-2-4-17(5-3-16)14-29-22-11-6-19(24)12-18(22)13-26-27-23(28)15-30-21-9-7-20(25)8-10-21/h2-13H,14-15H2,1H3,(H,27,28)/b26-13-. The first-order valence-electron chi connectivity index (χ1n) is 9.18. The van der Waals surface area contributed by atoms with E-state index in [0.717, 1.165) is 20.5 Å². The normalized spacial score (nSPS) is 10.9. The maximum absolute atomic E-state index is 12.1. The van der Waals surface area contributed by atoms with Crippen LogP contribution in [0.5, 0.6) is 5.75 Å². The molecule has 4 nitrogen and oxygen atoms in total. The first-order chi connectivity index (χ1) is 14.5. The van der Waals surface area contributed by atoms with Crippen LogP contribution in [0.4, 0.5) is 0 Å². The van der Waals surface area contributed by atoms with Crippen molar-refractivity contribution in [1.29, 1.82) is 0 Å². The Kier molecular flexibility index (Phi) is 8.37. The summed E-state index contributed by atoms with van der Waals surface area (Å²) in [5, 5.41) is 4.75. The van der Waals surface area contributed by atoms with Gasteiger partial charge in [0.15, 0.2) is 0 Å². The van der Waals surface area contributed by atoms with E-state index in [0.29, 0.717) is 17.4 Å². The van der Waals surface area contributed by atoms with Crippen LogP contribution in [0.15, 0.2) is 81.2 Å². The van der Waals surface area contributed by atoms with E-state index in [4.69, 9.17) is 16.3 Å². The van der Waals surface area contributed by atoms with E-state index in [1.165, 1.54) is 17.3 Å². The van der Waals surface area contributed by atoms with Gasteiger partial charge in [-0.05, 0) is 55.0 Å². The summed E-state index contributed by atoms with van der Waals surface area (Å²) in [6, 6.07) is 21.2. The quantitative estimate of drug-likeness (QED) is 0.225. The molecule has 0 heterocycles. The Morgan fingerprint density at radius 3 is 2.60 bits per heavy atom. The molecule has 0 saturated carbocycles. The first kappa shape index (κ1) is 22.4. The molecule has 1 amide bonds. The Balaban J connectivity index is 1.55. The van der Waals surface area contributed by atoms with E-state index >= 15 is 0 Å². The Hall–Kier alpha value is -2.28. The van der Waals surface area contributed by atoms with Crippen LogP contribution in [0.3, 0.4) is 0 Å². The third-order valence-corrected chi connectivity index (χ3v) is 5.82. The number of carbonyl (C=O) groups is 1. The van der Waals surface area contributed by atoms with Gasteiger partial charge in [-0.15, -0.1) is 11.8 Å². The molecule has 7 heteroatoms. The summed E-state index contributed by atoms with van der Waals surface area (Å²) < 4.78 is 6.85. The number of hydrazone groups is 1. The van der Waals surface area contributed by atoms with Crippen molar-refractivity contribution >= 4 is 51.4 Å². The highest BCUT2D eigenvalue weighted by molar-refractivity contribution is 9.10. The summed E-state index contributed by atoms with van der Waals surface area (Å²) in [6.07, 6.45) is 1.58. The fourth-order valence-electron chi connectivity index (χ4n) is 2.48. The van der Waals surface area contributed by atoms with Crippen molar-refractivity contribution in [2.45, 2.75) is 18.4 Å². The van der Waals surface area contributed by atoms with Crippen LogP contribution >= 0.6 is 39.3 Å². The SMILES string of the molecule is Cc1ccc(COc2ccc(Br)cc2/C=N\NC(=O)CSc2ccc(Cl)cc2)cc1. The number of rotatable bonds is 8. The van der Waals surface area contributed by atoms with Crippen LogP contribution in [0, 0.1) is 6.92 Å². The van der Waals surface area contributed by atoms with Crippen LogP contribution in [-0.4, -0.2) is 17.9 Å². The van der Waals surface area contributed by atoms with E-state index in [9.17, 15) is 4.79 Å². The smallest absolute Gasteiger partial charge is 0.250 e. The summed E-state index contributed by atoms with van der Waals surface area (Å²) in [6.45, 7) is 2.50. The molecule has 0 radical (unpaired) electrons. The lowest BCUT2D eigenvalue weighted by atomic mass is 10.1. The van der Waals surface area contributed by atoms with Gasteiger partial charge in [0.1, 0.15) is 12.4 Å². The highest BCUT2D eigenvalue weighted by Crippen LogP contribution is 2.23. The minimum absolute atomic E-state index is 0.191. The number of hydrogen-bond acceptors (Lipinski definition) is 4. The van der Waals surface area contributed by atoms with E-state index in [1.807, 2.05) is 42.5 Å². The summed E-state index contributed by atoms with van der Waals surface area (Å²) in [5.41, 5.74) is 5.61. The van der Waals surface area contributed by atoms with E-state index in [2.05, 4.69) is 45.5 Å². The van der Waals surface area contributed by atoms with Crippen LogP contribution in [0.2, 0.25) is 5.02 Å². The number of benzene rings is 3. The third-order valence-electron chi connectivity index (χ3n) is 4.06. The molecule has 0 aliphatic carbocycles. The zero-order valence-corrected chi connectivity index (χ0v) is 19.4. The summed E-state index contributed by atoms with van der Waals surface area (Å²) in [5.74, 6) is 0.754. The molecule has 30 heavy (non-hydrogen) atoms. The Labute approximate surface area is 193 Å². The lowest BCUT2D eigenvalue weighted by Crippen LogP contribution is -2.19. The fourth-order valence-corrected chi connectivity index (χ4v) is 3.68. The predicted molar refractivity (Wildman–Crippen MR) is 128 cm³/mol. The summed E-state index contributed by atoms with van der Waals surface area (Å²) in [4.78, 5) is 13.0. The van der Waals surface area contributed by atoms with Gasteiger partial charge >= 0.3 is 0 Å². The lowest BCUT2D eigenvalue weighted by molar-refractivity contribution is -0.118. The lowest BCUT2D eigenvalue weighted by Gasteiger charge is -2.10. The van der Waals surface area contributed by atoms with Gasteiger partial charge in [-0.2, -0.15) is 5.10 Å². The molecule has 0 spiro atoms. The van der Waals surface area contributed by atoms with Gasteiger partial charge in [-0.1, -0.05) is 57.4 Å². The monoisotopic (exact) mass is 502 g/mol. The van der Waals surface area contributed by atoms with Gasteiger partial charge in [-0.3, -0.25) is 4.79 Å². The highest BCUT2D eigenvalue weighted by Gasteiger charge is 2.05. The number of amides is 1. The molecule has 154 valence electrons. The molecule has 3 rings (SSSR count). The molecule has 0 bridgehead atoms. The molecular weight excluding hydrogens is 484 g/mol. The van der Waals surface area contributed by atoms with Gasteiger partial charge < -0.3 is 4.74 Å². The van der Waals surface area contributed by atoms with Crippen LogP contribution < -0.4 is 10.2 Å². The Morgan fingerprint density at radius 1 is 1.13 bits per heavy atom. The molecule has 0 aromatic heterocycles. The molecule has 0 fully saturated rings. The summed E-state index contributed by atoms with van der Waals surface area (Å²) >= 11 is 10.7. The van der Waals surface area contributed by atoms with Crippen molar-refractivity contribution in [3.63, 3.8) is 0 Å². The largest absolute Gasteiger partial charge is 0.488 e. The van der Waals surface area contributed by atoms with Gasteiger partial charge in [0, 0.05) is 20.0 Å². The van der Waals surface area contributed by atoms with Crippen molar-refractivity contribution in [3.05, 3.63) is 92.9 Å². The Morgan fingerprint density at radius 2 is 1.87 bits per heavy atom.